The molecule has 1 aliphatic heterocycles. The predicted molar refractivity (Wildman–Crippen MR) is 102 cm³/mol. The molecule has 1 saturated heterocycles. The minimum atomic E-state index is 0.317. The number of ether oxygens (including phenoxy) is 1. The Bertz CT molecular complexity index is 582. The number of aryl methyl sites for hydroxylation is 2. The van der Waals surface area contributed by atoms with E-state index in [1.807, 2.05) is 0 Å². The smallest absolute Gasteiger partial charge is 0.0594 e. The molecular formula is C22H35NO. The summed E-state index contributed by atoms with van der Waals surface area (Å²) >= 11 is 0. The number of nitrogens with zero attached hydrogens (tertiary/aromatic N) is 1. The minimum Gasteiger partial charge on any atom is -0.379 e. The van der Waals surface area contributed by atoms with Gasteiger partial charge in [0.2, 0.25) is 0 Å². The van der Waals surface area contributed by atoms with Crippen LogP contribution in [0.4, 0.5) is 0 Å². The molecule has 3 rings (SSSR count). The molecule has 0 amide bonds. The Morgan fingerprint density at radius 2 is 1.54 bits per heavy atom. The molecule has 0 atom stereocenters. The Morgan fingerprint density at radius 1 is 0.958 bits per heavy atom. The summed E-state index contributed by atoms with van der Waals surface area (Å²) in [6.45, 7) is 17.2. The van der Waals surface area contributed by atoms with Gasteiger partial charge in [-0.1, -0.05) is 39.8 Å². The van der Waals surface area contributed by atoms with Gasteiger partial charge in [0.25, 0.3) is 0 Å². The molecule has 1 aromatic carbocycles. The van der Waals surface area contributed by atoms with Gasteiger partial charge in [0.05, 0.1) is 13.2 Å². The van der Waals surface area contributed by atoms with Gasteiger partial charge < -0.3 is 4.74 Å². The molecule has 2 aliphatic rings. The summed E-state index contributed by atoms with van der Waals surface area (Å²) in [4.78, 5) is 2.55. The summed E-state index contributed by atoms with van der Waals surface area (Å²) in [6, 6.07) is 5.05. The van der Waals surface area contributed by atoms with E-state index >= 15 is 0 Å². The molecule has 1 fully saturated rings. The van der Waals surface area contributed by atoms with Gasteiger partial charge in [-0.15, -0.1) is 0 Å². The van der Waals surface area contributed by atoms with Crippen LogP contribution in [0, 0.1) is 6.92 Å². The van der Waals surface area contributed by atoms with E-state index in [0.717, 1.165) is 26.3 Å². The van der Waals surface area contributed by atoms with Crippen molar-refractivity contribution in [1.82, 2.24) is 4.90 Å². The van der Waals surface area contributed by atoms with Crippen LogP contribution in [0.3, 0.4) is 0 Å². The van der Waals surface area contributed by atoms with Crippen LogP contribution in [0.1, 0.15) is 69.2 Å². The van der Waals surface area contributed by atoms with E-state index in [9.17, 15) is 0 Å². The van der Waals surface area contributed by atoms with E-state index in [0.29, 0.717) is 10.8 Å². The molecule has 2 heteroatoms. The second-order valence-electron chi connectivity index (χ2n) is 9.15. The zero-order valence-corrected chi connectivity index (χ0v) is 16.4. The molecule has 0 radical (unpaired) electrons. The van der Waals surface area contributed by atoms with Gasteiger partial charge in [-0.05, 0) is 72.2 Å². The average molecular weight is 330 g/mol. The first-order valence-corrected chi connectivity index (χ1v) is 9.74. The number of hydrogen-bond acceptors (Lipinski definition) is 2. The van der Waals surface area contributed by atoms with Crippen LogP contribution in [0.25, 0.3) is 0 Å². The average Bonchev–Trinajstić information content (AvgIpc) is 2.54. The Morgan fingerprint density at radius 3 is 2.17 bits per heavy atom. The van der Waals surface area contributed by atoms with Gasteiger partial charge in [0, 0.05) is 13.1 Å². The molecule has 24 heavy (non-hydrogen) atoms. The van der Waals surface area contributed by atoms with Gasteiger partial charge in [0.1, 0.15) is 0 Å². The zero-order chi connectivity index (χ0) is 17.4. The fourth-order valence-electron chi connectivity index (χ4n) is 4.35. The summed E-state index contributed by atoms with van der Waals surface area (Å²) in [6.07, 6.45) is 5.04. The first kappa shape index (κ1) is 17.9. The van der Waals surface area contributed by atoms with Crippen LogP contribution in [0.5, 0.6) is 0 Å². The lowest BCUT2D eigenvalue weighted by atomic mass is 9.62. The van der Waals surface area contributed by atoms with Crippen molar-refractivity contribution in [2.45, 2.75) is 71.1 Å². The van der Waals surface area contributed by atoms with Gasteiger partial charge in [-0.25, -0.2) is 0 Å². The van der Waals surface area contributed by atoms with Crippen molar-refractivity contribution in [2.75, 3.05) is 32.8 Å². The van der Waals surface area contributed by atoms with Crippen LogP contribution in [-0.2, 0) is 22.0 Å². The molecule has 0 unspecified atom stereocenters. The Kier molecular flexibility index (Phi) is 5.09. The number of benzene rings is 1. The number of hydrogen-bond donors (Lipinski definition) is 0. The fraction of sp³-hybridized carbons (Fsp3) is 0.727. The second kappa shape index (κ2) is 6.80. The molecule has 1 heterocycles. The van der Waals surface area contributed by atoms with E-state index in [1.54, 1.807) is 16.7 Å². The molecular weight excluding hydrogens is 294 g/mol. The zero-order valence-electron chi connectivity index (χ0n) is 16.4. The van der Waals surface area contributed by atoms with Crippen LogP contribution in [0.2, 0.25) is 0 Å². The Balaban J connectivity index is 1.75. The SMILES string of the molecule is Cc1cc2c(cc1CCCN1CCOCC1)C(C)(C)CCC2(C)C. The normalized spacial score (nSPS) is 23.0. The van der Waals surface area contributed by atoms with E-state index < -0.39 is 0 Å². The van der Waals surface area contributed by atoms with Crippen molar-refractivity contribution < 1.29 is 4.74 Å². The molecule has 0 saturated carbocycles. The van der Waals surface area contributed by atoms with Crippen LogP contribution in [-0.4, -0.2) is 37.7 Å². The van der Waals surface area contributed by atoms with Gasteiger partial charge in [-0.3, -0.25) is 4.90 Å². The van der Waals surface area contributed by atoms with Gasteiger partial charge in [0.15, 0.2) is 0 Å². The van der Waals surface area contributed by atoms with E-state index in [4.69, 9.17) is 4.74 Å². The number of rotatable bonds is 4. The Hall–Kier alpha value is -0.860. The van der Waals surface area contributed by atoms with Crippen molar-refractivity contribution in [3.05, 3.63) is 34.4 Å². The monoisotopic (exact) mass is 329 g/mol. The highest BCUT2D eigenvalue weighted by atomic mass is 16.5. The number of fused-ring (bicyclic) bond motifs is 1. The van der Waals surface area contributed by atoms with Crippen molar-refractivity contribution in [2.24, 2.45) is 0 Å². The van der Waals surface area contributed by atoms with Crippen molar-refractivity contribution in [3.63, 3.8) is 0 Å². The lowest BCUT2D eigenvalue weighted by molar-refractivity contribution is 0.0374. The van der Waals surface area contributed by atoms with Crippen molar-refractivity contribution in [1.29, 1.82) is 0 Å². The molecule has 1 aliphatic carbocycles. The van der Waals surface area contributed by atoms with Crippen LogP contribution < -0.4 is 0 Å². The first-order valence-electron chi connectivity index (χ1n) is 9.74. The molecule has 0 bridgehead atoms. The topological polar surface area (TPSA) is 12.5 Å². The summed E-state index contributed by atoms with van der Waals surface area (Å²) < 4.78 is 5.45. The highest BCUT2D eigenvalue weighted by molar-refractivity contribution is 5.47. The van der Waals surface area contributed by atoms with E-state index in [-0.39, 0.29) is 0 Å². The standard InChI is InChI=1S/C22H35NO/c1-17-15-19-20(22(4,5)9-8-21(19,2)3)16-18(17)7-6-10-23-11-13-24-14-12-23/h15-16H,6-14H2,1-5H3. The lowest BCUT2D eigenvalue weighted by Gasteiger charge is -2.42. The molecule has 2 nitrogen and oxygen atoms in total. The highest BCUT2D eigenvalue weighted by Gasteiger charge is 2.37. The van der Waals surface area contributed by atoms with E-state index in [1.165, 1.54) is 37.8 Å². The predicted octanol–water partition coefficient (Wildman–Crippen LogP) is 4.61. The Labute approximate surface area is 148 Å². The second-order valence-corrected chi connectivity index (χ2v) is 9.15. The first-order chi connectivity index (χ1) is 11.3. The summed E-state index contributed by atoms with van der Waals surface area (Å²) in [5.74, 6) is 0. The molecule has 0 aromatic heterocycles. The minimum absolute atomic E-state index is 0.317. The third kappa shape index (κ3) is 3.70. The maximum atomic E-state index is 5.45. The maximum absolute atomic E-state index is 5.45. The third-order valence-electron chi connectivity index (χ3n) is 6.33. The van der Waals surface area contributed by atoms with Gasteiger partial charge >= 0.3 is 0 Å². The van der Waals surface area contributed by atoms with Crippen LogP contribution in [0.15, 0.2) is 12.1 Å². The maximum Gasteiger partial charge on any atom is 0.0594 e. The highest BCUT2D eigenvalue weighted by Crippen LogP contribution is 2.46. The third-order valence-corrected chi connectivity index (χ3v) is 6.33. The fourth-order valence-corrected chi connectivity index (χ4v) is 4.35. The largest absolute Gasteiger partial charge is 0.379 e. The van der Waals surface area contributed by atoms with E-state index in [2.05, 4.69) is 51.7 Å². The lowest BCUT2D eigenvalue weighted by Crippen LogP contribution is -2.37. The van der Waals surface area contributed by atoms with Crippen LogP contribution >= 0.6 is 0 Å². The summed E-state index contributed by atoms with van der Waals surface area (Å²) in [7, 11) is 0. The molecule has 0 spiro atoms. The molecule has 1 aromatic rings. The van der Waals surface area contributed by atoms with Crippen molar-refractivity contribution >= 4 is 0 Å². The van der Waals surface area contributed by atoms with Crippen molar-refractivity contribution in [3.8, 4) is 0 Å². The number of morpholine rings is 1. The van der Waals surface area contributed by atoms with Gasteiger partial charge in [-0.2, -0.15) is 0 Å². The summed E-state index contributed by atoms with van der Waals surface area (Å²) in [5, 5.41) is 0. The summed E-state index contributed by atoms with van der Waals surface area (Å²) in [5.41, 5.74) is 6.88. The molecule has 134 valence electrons. The molecule has 0 N–H and O–H groups in total. The quantitative estimate of drug-likeness (QED) is 0.800.